The first-order valence-corrected chi connectivity index (χ1v) is 11.0. The van der Waals surface area contributed by atoms with Crippen molar-refractivity contribution >= 4 is 11.8 Å². The molecule has 6 nitrogen and oxygen atoms in total. The Morgan fingerprint density at radius 3 is 2.93 bits per heavy atom. The van der Waals surface area contributed by atoms with Crippen molar-refractivity contribution in [3.63, 3.8) is 0 Å². The van der Waals surface area contributed by atoms with Gasteiger partial charge in [0.1, 0.15) is 11.9 Å². The summed E-state index contributed by atoms with van der Waals surface area (Å²) in [4.78, 5) is 32.0. The molecule has 0 saturated carbocycles. The fourth-order valence-corrected chi connectivity index (χ4v) is 6.03. The Hall–Kier alpha value is -2.46. The van der Waals surface area contributed by atoms with Gasteiger partial charge >= 0.3 is 0 Å². The summed E-state index contributed by atoms with van der Waals surface area (Å²) in [5.41, 5.74) is 2.10. The maximum absolute atomic E-state index is 13.6. The minimum absolute atomic E-state index is 0.0258. The van der Waals surface area contributed by atoms with E-state index in [-0.39, 0.29) is 47.7 Å². The van der Waals surface area contributed by atoms with Gasteiger partial charge in [-0.15, -0.1) is 0 Å². The van der Waals surface area contributed by atoms with E-state index in [0.29, 0.717) is 13.1 Å². The molecule has 3 fully saturated rings. The predicted octanol–water partition coefficient (Wildman–Crippen LogP) is 2.25. The van der Waals surface area contributed by atoms with Crippen LogP contribution in [0.4, 0.5) is 4.39 Å². The Bertz CT molecular complexity index is 928. The van der Waals surface area contributed by atoms with E-state index in [2.05, 4.69) is 11.0 Å². The van der Waals surface area contributed by atoms with Crippen molar-refractivity contribution in [1.82, 2.24) is 14.7 Å². The van der Waals surface area contributed by atoms with E-state index in [1.54, 1.807) is 11.0 Å². The van der Waals surface area contributed by atoms with Crippen LogP contribution >= 0.6 is 0 Å². The van der Waals surface area contributed by atoms with E-state index in [9.17, 15) is 19.2 Å². The molecule has 158 valence electrons. The van der Waals surface area contributed by atoms with Crippen LogP contribution in [0.1, 0.15) is 49.8 Å². The molecule has 5 rings (SSSR count). The van der Waals surface area contributed by atoms with E-state index in [4.69, 9.17) is 0 Å². The summed E-state index contributed by atoms with van der Waals surface area (Å²) < 4.78 is 13.6. The number of hydrogen-bond acceptors (Lipinski definition) is 4. The minimum atomic E-state index is -0.306. The van der Waals surface area contributed by atoms with Gasteiger partial charge in [-0.25, -0.2) is 4.39 Å². The fraction of sp³-hybridized carbons (Fsp3) is 0.609. The third kappa shape index (κ3) is 3.01. The van der Waals surface area contributed by atoms with Crippen LogP contribution in [-0.4, -0.2) is 64.3 Å². The maximum atomic E-state index is 13.6. The zero-order chi connectivity index (χ0) is 21.0. The van der Waals surface area contributed by atoms with Gasteiger partial charge in [-0.1, -0.05) is 13.0 Å². The van der Waals surface area contributed by atoms with Gasteiger partial charge in [0.25, 0.3) is 0 Å². The molecule has 0 radical (unpaired) electrons. The second kappa shape index (κ2) is 7.35. The smallest absolute Gasteiger partial charge is 0.240 e. The SMILES string of the molecule is C[C@@H](CN1C[C@H]2C[C@@H]1C(=O)N2[C@H]1CCc2cc(F)ccc21)C(=O)N1CCC[C@H]1C#N. The third-order valence-corrected chi connectivity index (χ3v) is 7.42. The molecular formula is C23H27FN4O2. The van der Waals surface area contributed by atoms with Gasteiger partial charge in [0.15, 0.2) is 0 Å². The second-order valence-electron chi connectivity index (χ2n) is 9.22. The number of nitriles is 1. The monoisotopic (exact) mass is 410 g/mol. The van der Waals surface area contributed by atoms with Crippen LogP contribution in [0.3, 0.4) is 0 Å². The molecule has 3 heterocycles. The summed E-state index contributed by atoms with van der Waals surface area (Å²) >= 11 is 0. The molecule has 5 atom stereocenters. The van der Waals surface area contributed by atoms with Crippen molar-refractivity contribution in [3.8, 4) is 6.07 Å². The Labute approximate surface area is 176 Å². The van der Waals surface area contributed by atoms with Crippen LogP contribution in [0.25, 0.3) is 0 Å². The topological polar surface area (TPSA) is 67.7 Å². The Morgan fingerprint density at radius 2 is 2.17 bits per heavy atom. The summed E-state index contributed by atoms with van der Waals surface area (Å²) in [5.74, 6) is -0.276. The lowest BCUT2D eigenvalue weighted by Gasteiger charge is -2.38. The van der Waals surface area contributed by atoms with Crippen LogP contribution < -0.4 is 0 Å². The summed E-state index contributed by atoms with van der Waals surface area (Å²) in [7, 11) is 0. The number of amides is 2. The molecule has 3 saturated heterocycles. The molecule has 0 unspecified atom stereocenters. The zero-order valence-electron chi connectivity index (χ0n) is 17.3. The lowest BCUT2D eigenvalue weighted by atomic mass is 10.0. The summed E-state index contributed by atoms with van der Waals surface area (Å²) in [6.07, 6.45) is 4.10. The van der Waals surface area contributed by atoms with Crippen LogP contribution in [0.5, 0.6) is 0 Å². The molecule has 1 aromatic carbocycles. The molecule has 3 aliphatic heterocycles. The van der Waals surface area contributed by atoms with Gasteiger partial charge in [0, 0.05) is 31.6 Å². The number of fused-ring (bicyclic) bond motifs is 3. The molecular weight excluding hydrogens is 383 g/mol. The van der Waals surface area contributed by atoms with Gasteiger partial charge in [-0.2, -0.15) is 5.26 Å². The molecule has 1 aliphatic carbocycles. The number of hydrogen-bond donors (Lipinski definition) is 0. The molecule has 0 N–H and O–H groups in total. The highest BCUT2D eigenvalue weighted by atomic mass is 19.1. The first kappa shape index (κ1) is 19.5. The van der Waals surface area contributed by atoms with Gasteiger partial charge < -0.3 is 9.80 Å². The van der Waals surface area contributed by atoms with Crippen molar-refractivity contribution in [2.75, 3.05) is 19.6 Å². The van der Waals surface area contributed by atoms with E-state index in [1.165, 1.54) is 6.07 Å². The van der Waals surface area contributed by atoms with Crippen LogP contribution in [0.2, 0.25) is 0 Å². The van der Waals surface area contributed by atoms with E-state index in [0.717, 1.165) is 49.8 Å². The molecule has 7 heteroatoms. The summed E-state index contributed by atoms with van der Waals surface area (Å²) in [5, 5.41) is 9.26. The van der Waals surface area contributed by atoms with E-state index < -0.39 is 0 Å². The van der Waals surface area contributed by atoms with Crippen molar-refractivity contribution in [2.45, 2.75) is 63.2 Å². The van der Waals surface area contributed by atoms with Gasteiger partial charge in [-0.3, -0.25) is 14.5 Å². The standard InChI is InChI=1S/C23H27FN4O2/c1-14(22(29)27-8-2-3-17(27)11-25)12-26-13-18-10-21(26)23(30)28(18)20-7-4-15-9-16(24)5-6-19(15)20/h5-6,9,14,17-18,20-21H,2-4,7-8,10,12-13H2,1H3/t14-,17-,18+,20-,21+/m0/s1. The highest BCUT2D eigenvalue weighted by Gasteiger charge is 2.53. The number of carbonyl (C=O) groups is 2. The molecule has 0 aromatic heterocycles. The normalized spacial score (nSPS) is 31.3. The van der Waals surface area contributed by atoms with E-state index in [1.807, 2.05) is 17.9 Å². The highest BCUT2D eigenvalue weighted by Crippen LogP contribution is 2.44. The second-order valence-corrected chi connectivity index (χ2v) is 9.22. The quantitative estimate of drug-likeness (QED) is 0.764. The number of piperazine rings is 1. The molecule has 2 amide bonds. The molecule has 30 heavy (non-hydrogen) atoms. The highest BCUT2D eigenvalue weighted by molar-refractivity contribution is 5.86. The predicted molar refractivity (Wildman–Crippen MR) is 108 cm³/mol. The van der Waals surface area contributed by atoms with Crippen molar-refractivity contribution in [2.24, 2.45) is 5.92 Å². The Kier molecular flexibility index (Phi) is 4.78. The fourth-order valence-electron chi connectivity index (χ4n) is 6.03. The summed E-state index contributed by atoms with van der Waals surface area (Å²) in [6.45, 7) is 3.90. The van der Waals surface area contributed by atoms with E-state index >= 15 is 0 Å². The number of benzene rings is 1. The lowest BCUT2D eigenvalue weighted by Crippen LogP contribution is -2.53. The molecule has 2 bridgehead atoms. The van der Waals surface area contributed by atoms with Crippen LogP contribution in [0.15, 0.2) is 18.2 Å². The molecule has 1 aromatic rings. The zero-order valence-corrected chi connectivity index (χ0v) is 17.3. The largest absolute Gasteiger partial charge is 0.330 e. The van der Waals surface area contributed by atoms with Gasteiger partial charge in [0.2, 0.25) is 11.8 Å². The van der Waals surface area contributed by atoms with Gasteiger partial charge in [-0.05, 0) is 55.4 Å². The molecule has 0 spiro atoms. The third-order valence-electron chi connectivity index (χ3n) is 7.42. The van der Waals surface area contributed by atoms with Crippen LogP contribution in [-0.2, 0) is 16.0 Å². The van der Waals surface area contributed by atoms with Crippen LogP contribution in [0, 0.1) is 23.1 Å². The van der Waals surface area contributed by atoms with Crippen molar-refractivity contribution in [3.05, 3.63) is 35.1 Å². The number of aryl methyl sites for hydroxylation is 1. The number of halogens is 1. The first-order valence-electron chi connectivity index (χ1n) is 11.0. The maximum Gasteiger partial charge on any atom is 0.240 e. The molecule has 4 aliphatic rings. The van der Waals surface area contributed by atoms with Crippen molar-refractivity contribution < 1.29 is 14.0 Å². The number of likely N-dealkylation sites (tertiary alicyclic amines) is 3. The first-order chi connectivity index (χ1) is 14.5. The number of rotatable bonds is 4. The lowest BCUT2D eigenvalue weighted by molar-refractivity contribution is -0.142. The Balaban J connectivity index is 1.25. The van der Waals surface area contributed by atoms with Gasteiger partial charge in [0.05, 0.1) is 18.2 Å². The number of nitrogens with zero attached hydrogens (tertiary/aromatic N) is 4. The van der Waals surface area contributed by atoms with Crippen molar-refractivity contribution in [1.29, 1.82) is 5.26 Å². The number of carbonyl (C=O) groups excluding carboxylic acids is 2. The Morgan fingerprint density at radius 1 is 1.33 bits per heavy atom. The summed E-state index contributed by atoms with van der Waals surface area (Å²) in [6, 6.07) is 6.89. The minimum Gasteiger partial charge on any atom is -0.330 e. The average molecular weight is 410 g/mol. The average Bonchev–Trinajstić information content (AvgIpc) is 3.49.